The molecule has 0 amide bonds. The summed E-state index contributed by atoms with van der Waals surface area (Å²) in [6.45, 7) is 4.23. The Bertz CT molecular complexity index is 344. The van der Waals surface area contributed by atoms with Crippen LogP contribution in [0, 0.1) is 0 Å². The Kier molecular flexibility index (Phi) is 5.54. The molecule has 1 aromatic rings. The molecule has 0 fully saturated rings. The Morgan fingerprint density at radius 3 is 2.56 bits per heavy atom. The van der Waals surface area contributed by atoms with Crippen molar-refractivity contribution < 1.29 is 4.79 Å². The summed E-state index contributed by atoms with van der Waals surface area (Å²) in [7, 11) is 0. The van der Waals surface area contributed by atoms with Crippen molar-refractivity contribution >= 4 is 17.4 Å². The summed E-state index contributed by atoms with van der Waals surface area (Å²) in [4.78, 5) is 12.0. The van der Waals surface area contributed by atoms with Crippen LogP contribution in [0.5, 0.6) is 0 Å². The number of ketones is 1. The van der Waals surface area contributed by atoms with Crippen molar-refractivity contribution in [2.24, 2.45) is 0 Å². The average molecular weight is 239 g/mol. The molecule has 0 aliphatic carbocycles. The van der Waals surface area contributed by atoms with E-state index in [1.54, 1.807) is 0 Å². The van der Waals surface area contributed by atoms with E-state index in [4.69, 9.17) is 11.6 Å². The molecule has 0 saturated heterocycles. The summed E-state index contributed by atoms with van der Waals surface area (Å²) in [6, 6.07) is 7.89. The zero-order valence-corrected chi connectivity index (χ0v) is 10.8. The maximum Gasteiger partial charge on any atom is 0.163 e. The second kappa shape index (κ2) is 6.70. The first-order valence-corrected chi connectivity index (χ1v) is 6.38. The topological polar surface area (TPSA) is 17.1 Å². The van der Waals surface area contributed by atoms with Crippen LogP contribution >= 0.6 is 11.6 Å². The number of unbranched alkanes of at least 4 members (excludes halogenated alkanes) is 1. The van der Waals surface area contributed by atoms with Gasteiger partial charge in [0.05, 0.1) is 0 Å². The first-order valence-electron chi connectivity index (χ1n) is 5.85. The lowest BCUT2D eigenvalue weighted by atomic mass is 9.93. The molecule has 0 N–H and O–H groups in total. The van der Waals surface area contributed by atoms with Crippen LogP contribution in [0.25, 0.3) is 0 Å². The van der Waals surface area contributed by atoms with Gasteiger partial charge >= 0.3 is 0 Å². The number of Topliss-reactive ketones (excluding diaryl/α,β-unsaturated/α-hetero) is 1. The fraction of sp³-hybridized carbons (Fsp3) is 0.500. The van der Waals surface area contributed by atoms with E-state index in [1.807, 2.05) is 24.3 Å². The number of rotatable bonds is 6. The van der Waals surface area contributed by atoms with E-state index < -0.39 is 0 Å². The van der Waals surface area contributed by atoms with Crippen LogP contribution in [0.1, 0.15) is 54.9 Å². The van der Waals surface area contributed by atoms with Gasteiger partial charge in [-0.15, -0.1) is 11.6 Å². The molecule has 0 unspecified atom stereocenters. The molecule has 1 nitrogen and oxygen atoms in total. The minimum atomic E-state index is 0.245. The quantitative estimate of drug-likeness (QED) is 0.408. The molecule has 0 aliphatic rings. The zero-order chi connectivity index (χ0) is 12.0. The molecule has 0 bridgehead atoms. The fourth-order valence-electron chi connectivity index (χ4n) is 1.77. The minimum Gasteiger partial charge on any atom is -0.294 e. The van der Waals surface area contributed by atoms with Gasteiger partial charge in [0.15, 0.2) is 5.78 Å². The summed E-state index contributed by atoms with van der Waals surface area (Å²) < 4.78 is 0. The van der Waals surface area contributed by atoms with Crippen molar-refractivity contribution in [3.63, 3.8) is 0 Å². The summed E-state index contributed by atoms with van der Waals surface area (Å²) >= 11 is 5.60. The first kappa shape index (κ1) is 13.2. The van der Waals surface area contributed by atoms with Crippen molar-refractivity contribution in [1.82, 2.24) is 0 Å². The Labute approximate surface area is 103 Å². The Morgan fingerprint density at radius 2 is 1.94 bits per heavy atom. The lowest BCUT2D eigenvalue weighted by molar-refractivity contribution is 0.0978. The van der Waals surface area contributed by atoms with E-state index in [0.717, 1.165) is 24.0 Å². The highest BCUT2D eigenvalue weighted by Crippen LogP contribution is 2.21. The van der Waals surface area contributed by atoms with Crippen molar-refractivity contribution in [3.05, 3.63) is 35.4 Å². The Morgan fingerprint density at radius 1 is 1.25 bits per heavy atom. The molecule has 1 rings (SSSR count). The van der Waals surface area contributed by atoms with E-state index in [9.17, 15) is 4.79 Å². The second-order valence-electron chi connectivity index (χ2n) is 4.31. The van der Waals surface area contributed by atoms with Gasteiger partial charge in [0.1, 0.15) is 0 Å². The molecule has 0 spiro atoms. The maximum atomic E-state index is 12.0. The van der Waals surface area contributed by atoms with E-state index in [-0.39, 0.29) is 5.78 Å². The molecule has 0 saturated carbocycles. The maximum absolute atomic E-state index is 12.0. The molecule has 0 aliphatic heterocycles. The van der Waals surface area contributed by atoms with Crippen LogP contribution in [0.4, 0.5) is 0 Å². The van der Waals surface area contributed by atoms with Gasteiger partial charge in [-0.05, 0) is 24.3 Å². The smallest absolute Gasteiger partial charge is 0.163 e. The second-order valence-corrected chi connectivity index (χ2v) is 4.69. The largest absolute Gasteiger partial charge is 0.294 e. The van der Waals surface area contributed by atoms with E-state index in [1.165, 1.54) is 0 Å². The lowest BCUT2D eigenvalue weighted by Crippen LogP contribution is -2.05. The highest BCUT2D eigenvalue weighted by Gasteiger charge is 2.12. The third-order valence-corrected chi connectivity index (χ3v) is 2.94. The summed E-state index contributed by atoms with van der Waals surface area (Å²) in [5, 5.41) is 0. The van der Waals surface area contributed by atoms with Crippen LogP contribution in [0.2, 0.25) is 0 Å². The number of halogens is 1. The van der Waals surface area contributed by atoms with Crippen LogP contribution in [0.15, 0.2) is 24.3 Å². The predicted octanol–water partition coefficient (Wildman–Crippen LogP) is 4.40. The van der Waals surface area contributed by atoms with Crippen molar-refractivity contribution in [2.75, 3.05) is 5.88 Å². The summed E-state index contributed by atoms with van der Waals surface area (Å²) in [5.74, 6) is 1.28. The van der Waals surface area contributed by atoms with E-state index in [0.29, 0.717) is 18.2 Å². The highest BCUT2D eigenvalue weighted by atomic mass is 35.5. The van der Waals surface area contributed by atoms with Crippen molar-refractivity contribution in [1.29, 1.82) is 0 Å². The number of benzene rings is 1. The van der Waals surface area contributed by atoms with Crippen molar-refractivity contribution in [2.45, 2.75) is 39.0 Å². The zero-order valence-electron chi connectivity index (χ0n) is 10.0. The van der Waals surface area contributed by atoms with Gasteiger partial charge in [-0.1, -0.05) is 38.1 Å². The Hall–Kier alpha value is -0.820. The number of carbonyl (C=O) groups excluding carboxylic acids is 1. The van der Waals surface area contributed by atoms with Gasteiger partial charge in [-0.3, -0.25) is 4.79 Å². The molecule has 88 valence electrons. The number of alkyl halides is 1. The van der Waals surface area contributed by atoms with E-state index >= 15 is 0 Å². The van der Waals surface area contributed by atoms with Crippen LogP contribution in [0.3, 0.4) is 0 Å². The lowest BCUT2D eigenvalue weighted by Gasteiger charge is -2.11. The third-order valence-electron chi connectivity index (χ3n) is 2.67. The SMILES string of the molecule is CC(C)c1ccccc1C(=O)CCCCCl. The molecule has 0 radical (unpaired) electrons. The highest BCUT2D eigenvalue weighted by molar-refractivity contribution is 6.17. The van der Waals surface area contributed by atoms with Crippen LogP contribution in [-0.4, -0.2) is 11.7 Å². The first-order chi connectivity index (χ1) is 7.66. The minimum absolute atomic E-state index is 0.245. The molecule has 16 heavy (non-hydrogen) atoms. The monoisotopic (exact) mass is 238 g/mol. The van der Waals surface area contributed by atoms with Gasteiger partial charge in [-0.25, -0.2) is 0 Å². The van der Waals surface area contributed by atoms with Gasteiger partial charge in [0, 0.05) is 17.9 Å². The summed E-state index contributed by atoms with van der Waals surface area (Å²) in [5.41, 5.74) is 2.03. The number of carbonyl (C=O) groups is 1. The van der Waals surface area contributed by atoms with Gasteiger partial charge in [0.25, 0.3) is 0 Å². The molecular formula is C14H19ClO. The van der Waals surface area contributed by atoms with Gasteiger partial charge in [0.2, 0.25) is 0 Å². The fourth-order valence-corrected chi connectivity index (χ4v) is 1.96. The molecule has 0 heterocycles. The standard InChI is InChI=1S/C14H19ClO/c1-11(2)12-7-3-4-8-13(12)14(16)9-5-6-10-15/h3-4,7-8,11H,5-6,9-10H2,1-2H3. The number of hydrogen-bond acceptors (Lipinski definition) is 1. The average Bonchev–Trinajstić information content (AvgIpc) is 2.29. The van der Waals surface area contributed by atoms with Crippen molar-refractivity contribution in [3.8, 4) is 0 Å². The van der Waals surface area contributed by atoms with Crippen LogP contribution in [-0.2, 0) is 0 Å². The molecule has 2 heteroatoms. The molecule has 0 atom stereocenters. The number of hydrogen-bond donors (Lipinski definition) is 0. The molecule has 0 aromatic heterocycles. The predicted molar refractivity (Wildman–Crippen MR) is 69.4 cm³/mol. The molecular weight excluding hydrogens is 220 g/mol. The Balaban J connectivity index is 2.74. The van der Waals surface area contributed by atoms with Crippen LogP contribution < -0.4 is 0 Å². The van der Waals surface area contributed by atoms with Gasteiger partial charge < -0.3 is 0 Å². The van der Waals surface area contributed by atoms with E-state index in [2.05, 4.69) is 13.8 Å². The summed E-state index contributed by atoms with van der Waals surface area (Å²) in [6.07, 6.45) is 2.41. The van der Waals surface area contributed by atoms with Gasteiger partial charge in [-0.2, -0.15) is 0 Å². The third kappa shape index (κ3) is 3.64. The normalized spacial score (nSPS) is 10.8. The molecule has 1 aromatic carbocycles.